The molecular formula is C23H22Cl2N2O2. The van der Waals surface area contributed by atoms with Gasteiger partial charge in [-0.05, 0) is 42.5 Å². The number of hydrogen-bond donors (Lipinski definition) is 1. The summed E-state index contributed by atoms with van der Waals surface area (Å²) in [7, 11) is 0. The third kappa shape index (κ3) is 4.34. The molecule has 1 heterocycles. The van der Waals surface area contributed by atoms with Crippen LogP contribution in [0.1, 0.15) is 18.4 Å². The molecule has 1 saturated heterocycles. The van der Waals surface area contributed by atoms with Crippen LogP contribution in [-0.4, -0.2) is 23.3 Å². The number of nitrogens with one attached hydrogen (secondary N) is 1. The van der Waals surface area contributed by atoms with E-state index in [1.165, 1.54) is 0 Å². The van der Waals surface area contributed by atoms with Crippen molar-refractivity contribution in [2.45, 2.75) is 19.4 Å². The zero-order chi connectivity index (χ0) is 20.4. The van der Waals surface area contributed by atoms with Gasteiger partial charge in [-0.15, -0.1) is 0 Å². The molecule has 1 N–H and O–H groups in total. The Labute approximate surface area is 180 Å². The fourth-order valence-corrected chi connectivity index (χ4v) is 4.72. The highest BCUT2D eigenvalue weighted by Crippen LogP contribution is 2.38. The maximum Gasteiger partial charge on any atom is 0.228 e. The summed E-state index contributed by atoms with van der Waals surface area (Å²) in [6.45, 7) is 1.28. The van der Waals surface area contributed by atoms with Crippen LogP contribution in [0.5, 0.6) is 0 Å². The number of amides is 2. The van der Waals surface area contributed by atoms with Crippen LogP contribution in [0.3, 0.4) is 0 Å². The number of nitrogens with zero attached hydrogens (tertiary/aromatic N) is 1. The summed E-state index contributed by atoms with van der Waals surface area (Å²) in [4.78, 5) is 28.3. The molecule has 150 valence electrons. The van der Waals surface area contributed by atoms with Crippen molar-refractivity contribution in [2.75, 3.05) is 11.9 Å². The van der Waals surface area contributed by atoms with Crippen molar-refractivity contribution in [1.82, 2.24) is 4.90 Å². The summed E-state index contributed by atoms with van der Waals surface area (Å²) in [6.07, 6.45) is 5.53. The molecule has 0 radical (unpaired) electrons. The molecule has 0 saturated carbocycles. The van der Waals surface area contributed by atoms with Gasteiger partial charge >= 0.3 is 0 Å². The summed E-state index contributed by atoms with van der Waals surface area (Å²) < 4.78 is 0. The normalized spacial score (nSPS) is 23.6. The molecule has 0 aromatic heterocycles. The lowest BCUT2D eigenvalue weighted by molar-refractivity contribution is -0.147. The van der Waals surface area contributed by atoms with E-state index in [1.807, 2.05) is 41.3 Å². The second-order valence-corrected chi connectivity index (χ2v) is 8.45. The van der Waals surface area contributed by atoms with E-state index in [4.69, 9.17) is 23.2 Å². The third-order valence-electron chi connectivity index (χ3n) is 5.74. The Hall–Kier alpha value is -2.30. The van der Waals surface area contributed by atoms with Gasteiger partial charge in [0.1, 0.15) is 0 Å². The summed E-state index contributed by atoms with van der Waals surface area (Å²) in [5, 5.41) is 3.78. The molecule has 1 aliphatic heterocycles. The summed E-state index contributed by atoms with van der Waals surface area (Å²) in [5.74, 6) is -0.786. The first-order valence-electron chi connectivity index (χ1n) is 9.78. The third-order valence-corrected chi connectivity index (χ3v) is 6.29. The highest BCUT2D eigenvalue weighted by atomic mass is 35.5. The summed E-state index contributed by atoms with van der Waals surface area (Å²) >= 11 is 12.1. The van der Waals surface area contributed by atoms with Crippen molar-refractivity contribution < 1.29 is 9.59 Å². The molecule has 2 aromatic carbocycles. The van der Waals surface area contributed by atoms with Crippen LogP contribution in [0.4, 0.5) is 5.69 Å². The SMILES string of the molecule is O=C(Nc1ccc(Cl)cc1Cl)[C@@H]1CC=C[C@@H]2CCN(Cc3ccccc3)C(=O)[C@@H]21. The van der Waals surface area contributed by atoms with E-state index >= 15 is 0 Å². The van der Waals surface area contributed by atoms with Crippen molar-refractivity contribution in [3.63, 3.8) is 0 Å². The molecule has 1 fully saturated rings. The van der Waals surface area contributed by atoms with E-state index in [9.17, 15) is 9.59 Å². The number of fused-ring (bicyclic) bond motifs is 1. The Kier molecular flexibility index (Phi) is 5.93. The van der Waals surface area contributed by atoms with Crippen LogP contribution >= 0.6 is 23.2 Å². The van der Waals surface area contributed by atoms with Crippen molar-refractivity contribution in [2.24, 2.45) is 17.8 Å². The standard InChI is InChI=1S/C23H22Cl2N2O2/c24-17-9-10-20(19(25)13-17)26-22(28)18-8-4-7-16-11-12-27(23(29)21(16)18)14-15-5-2-1-3-6-15/h1-7,9-10,13,16,18,21H,8,11-12,14H2,(H,26,28)/t16-,18-,21+/m1/s1. The van der Waals surface area contributed by atoms with Crippen molar-refractivity contribution >= 4 is 40.7 Å². The van der Waals surface area contributed by atoms with Crippen molar-refractivity contribution in [1.29, 1.82) is 0 Å². The lowest BCUT2D eigenvalue weighted by Gasteiger charge is -2.41. The summed E-state index contributed by atoms with van der Waals surface area (Å²) in [5.41, 5.74) is 1.61. The fraction of sp³-hybridized carbons (Fsp3) is 0.304. The molecule has 3 atom stereocenters. The van der Waals surface area contributed by atoms with E-state index < -0.39 is 5.92 Å². The van der Waals surface area contributed by atoms with Crippen LogP contribution in [-0.2, 0) is 16.1 Å². The van der Waals surface area contributed by atoms with Crippen LogP contribution in [0.25, 0.3) is 0 Å². The first-order valence-corrected chi connectivity index (χ1v) is 10.5. The van der Waals surface area contributed by atoms with E-state index in [-0.39, 0.29) is 23.7 Å². The van der Waals surface area contributed by atoms with E-state index in [0.717, 1.165) is 12.0 Å². The number of likely N-dealkylation sites (tertiary alicyclic amines) is 1. The Morgan fingerprint density at radius 3 is 2.69 bits per heavy atom. The Bertz CT molecular complexity index is 945. The molecule has 2 aliphatic rings. The smallest absolute Gasteiger partial charge is 0.228 e. The van der Waals surface area contributed by atoms with Crippen LogP contribution in [0.15, 0.2) is 60.7 Å². The molecule has 0 spiro atoms. The maximum absolute atomic E-state index is 13.3. The number of halogens is 2. The number of benzene rings is 2. The van der Waals surface area contributed by atoms with Crippen LogP contribution in [0, 0.1) is 17.8 Å². The van der Waals surface area contributed by atoms with Gasteiger partial charge in [0, 0.05) is 18.1 Å². The number of carbonyl (C=O) groups is 2. The van der Waals surface area contributed by atoms with Crippen molar-refractivity contribution in [3.05, 3.63) is 76.3 Å². The minimum atomic E-state index is -0.414. The molecule has 2 aromatic rings. The Morgan fingerprint density at radius 1 is 1.14 bits per heavy atom. The van der Waals surface area contributed by atoms with Crippen LogP contribution < -0.4 is 5.32 Å². The quantitative estimate of drug-likeness (QED) is 0.682. The first-order chi connectivity index (χ1) is 14.0. The zero-order valence-corrected chi connectivity index (χ0v) is 17.4. The number of piperidine rings is 1. The number of hydrogen-bond acceptors (Lipinski definition) is 2. The molecule has 4 rings (SSSR count). The largest absolute Gasteiger partial charge is 0.338 e. The lowest BCUT2D eigenvalue weighted by atomic mass is 9.71. The second-order valence-electron chi connectivity index (χ2n) is 7.61. The zero-order valence-electron chi connectivity index (χ0n) is 15.9. The average Bonchev–Trinajstić information content (AvgIpc) is 2.72. The Morgan fingerprint density at radius 2 is 1.93 bits per heavy atom. The second kappa shape index (κ2) is 8.60. The molecule has 1 aliphatic carbocycles. The average molecular weight is 429 g/mol. The number of anilines is 1. The van der Waals surface area contributed by atoms with Gasteiger partial charge in [-0.1, -0.05) is 65.7 Å². The molecule has 0 unspecified atom stereocenters. The number of carbonyl (C=O) groups excluding carboxylic acids is 2. The Balaban J connectivity index is 1.52. The molecule has 0 bridgehead atoms. The predicted molar refractivity (Wildman–Crippen MR) is 116 cm³/mol. The van der Waals surface area contributed by atoms with Crippen LogP contribution in [0.2, 0.25) is 10.0 Å². The van der Waals surface area contributed by atoms with Gasteiger partial charge < -0.3 is 10.2 Å². The van der Waals surface area contributed by atoms with E-state index in [2.05, 4.69) is 11.4 Å². The molecule has 6 heteroatoms. The number of allylic oxidation sites excluding steroid dienone is 2. The number of rotatable bonds is 4. The summed E-state index contributed by atoms with van der Waals surface area (Å²) in [6, 6.07) is 14.9. The van der Waals surface area contributed by atoms with Gasteiger partial charge in [-0.2, -0.15) is 0 Å². The van der Waals surface area contributed by atoms with Gasteiger partial charge in [0.25, 0.3) is 0 Å². The van der Waals surface area contributed by atoms with E-state index in [0.29, 0.717) is 35.2 Å². The van der Waals surface area contributed by atoms with Gasteiger partial charge in [0.05, 0.1) is 22.5 Å². The van der Waals surface area contributed by atoms with Gasteiger partial charge in [-0.25, -0.2) is 0 Å². The minimum Gasteiger partial charge on any atom is -0.338 e. The van der Waals surface area contributed by atoms with Gasteiger partial charge in [0.15, 0.2) is 0 Å². The predicted octanol–water partition coefficient (Wildman–Crippen LogP) is 5.17. The van der Waals surface area contributed by atoms with Crippen molar-refractivity contribution in [3.8, 4) is 0 Å². The maximum atomic E-state index is 13.3. The minimum absolute atomic E-state index is 0.0526. The van der Waals surface area contributed by atoms with Gasteiger partial charge in [-0.3, -0.25) is 9.59 Å². The lowest BCUT2D eigenvalue weighted by Crippen LogP contribution is -2.50. The fourth-order valence-electron chi connectivity index (χ4n) is 4.27. The monoisotopic (exact) mass is 428 g/mol. The molecular weight excluding hydrogens is 407 g/mol. The topological polar surface area (TPSA) is 49.4 Å². The highest BCUT2D eigenvalue weighted by Gasteiger charge is 2.44. The molecule has 4 nitrogen and oxygen atoms in total. The molecule has 29 heavy (non-hydrogen) atoms. The van der Waals surface area contributed by atoms with Gasteiger partial charge in [0.2, 0.25) is 11.8 Å². The highest BCUT2D eigenvalue weighted by molar-refractivity contribution is 6.36. The molecule has 2 amide bonds. The first kappa shape index (κ1) is 20.0. The van der Waals surface area contributed by atoms with E-state index in [1.54, 1.807) is 18.2 Å².